The van der Waals surface area contributed by atoms with E-state index < -0.39 is 0 Å². The number of aromatic nitrogens is 3. The molecule has 0 aliphatic carbocycles. The zero-order chi connectivity index (χ0) is 17.1. The molecule has 6 nitrogen and oxygen atoms in total. The third kappa shape index (κ3) is 3.36. The van der Waals surface area contributed by atoms with Gasteiger partial charge in [-0.1, -0.05) is 25.1 Å². The average Bonchev–Trinajstić information content (AvgIpc) is 2.94. The molecule has 0 aliphatic rings. The summed E-state index contributed by atoms with van der Waals surface area (Å²) in [6, 6.07) is 7.63. The highest BCUT2D eigenvalue weighted by Crippen LogP contribution is 2.19. The molecular formula is C17H24N4O2. The van der Waals surface area contributed by atoms with Crippen LogP contribution in [0.5, 0.6) is 5.75 Å². The Morgan fingerprint density at radius 2 is 2.00 bits per heavy atom. The fourth-order valence-corrected chi connectivity index (χ4v) is 2.31. The molecule has 0 spiro atoms. The SMILES string of the molecule is COc1cccc(-n2nnc(C(=O)N(C)C(C)C(C)C)c2C)c1. The van der Waals surface area contributed by atoms with Gasteiger partial charge in [0.05, 0.1) is 18.5 Å². The first-order chi connectivity index (χ1) is 10.9. The van der Waals surface area contributed by atoms with Crippen molar-refractivity contribution in [3.8, 4) is 11.4 Å². The van der Waals surface area contributed by atoms with Crippen molar-refractivity contribution in [2.24, 2.45) is 5.92 Å². The van der Waals surface area contributed by atoms with Gasteiger partial charge >= 0.3 is 0 Å². The third-order valence-electron chi connectivity index (χ3n) is 4.29. The van der Waals surface area contributed by atoms with Crippen molar-refractivity contribution < 1.29 is 9.53 Å². The fraction of sp³-hybridized carbons (Fsp3) is 0.471. The van der Waals surface area contributed by atoms with Crippen LogP contribution in [0.4, 0.5) is 0 Å². The Bertz CT molecular complexity index is 694. The van der Waals surface area contributed by atoms with Crippen molar-refractivity contribution in [3.05, 3.63) is 35.7 Å². The molecule has 1 atom stereocenters. The van der Waals surface area contributed by atoms with Gasteiger partial charge in [0.1, 0.15) is 5.75 Å². The molecule has 2 rings (SSSR count). The Balaban J connectivity index is 2.33. The first kappa shape index (κ1) is 17.0. The second-order valence-electron chi connectivity index (χ2n) is 6.04. The lowest BCUT2D eigenvalue weighted by atomic mass is 10.0. The maximum atomic E-state index is 12.7. The second-order valence-corrected chi connectivity index (χ2v) is 6.04. The maximum Gasteiger partial charge on any atom is 0.276 e. The largest absolute Gasteiger partial charge is 0.497 e. The summed E-state index contributed by atoms with van der Waals surface area (Å²) >= 11 is 0. The van der Waals surface area contributed by atoms with Crippen molar-refractivity contribution in [3.63, 3.8) is 0 Å². The number of amides is 1. The van der Waals surface area contributed by atoms with Crippen LogP contribution in [-0.4, -0.2) is 46.0 Å². The number of benzene rings is 1. The molecule has 0 aliphatic heterocycles. The van der Waals surface area contributed by atoms with Gasteiger partial charge < -0.3 is 9.64 Å². The van der Waals surface area contributed by atoms with Crippen LogP contribution in [0.2, 0.25) is 0 Å². The first-order valence-corrected chi connectivity index (χ1v) is 7.70. The van der Waals surface area contributed by atoms with Crippen LogP contribution in [-0.2, 0) is 0 Å². The summed E-state index contributed by atoms with van der Waals surface area (Å²) in [4.78, 5) is 14.4. The molecular weight excluding hydrogens is 292 g/mol. The molecule has 0 N–H and O–H groups in total. The van der Waals surface area contributed by atoms with Gasteiger partial charge in [-0.15, -0.1) is 5.10 Å². The number of methoxy groups -OCH3 is 1. The predicted octanol–water partition coefficient (Wildman–Crippen LogP) is 2.70. The Hall–Kier alpha value is -2.37. The van der Waals surface area contributed by atoms with Gasteiger partial charge in [-0.05, 0) is 31.9 Å². The van der Waals surface area contributed by atoms with Crippen molar-refractivity contribution >= 4 is 5.91 Å². The summed E-state index contributed by atoms with van der Waals surface area (Å²) in [7, 11) is 3.42. The van der Waals surface area contributed by atoms with E-state index in [1.54, 1.807) is 23.7 Å². The van der Waals surface area contributed by atoms with Crippen LogP contribution in [0.25, 0.3) is 5.69 Å². The average molecular weight is 316 g/mol. The smallest absolute Gasteiger partial charge is 0.276 e. The molecule has 1 unspecified atom stereocenters. The molecule has 1 amide bonds. The third-order valence-corrected chi connectivity index (χ3v) is 4.29. The summed E-state index contributed by atoms with van der Waals surface area (Å²) < 4.78 is 6.89. The summed E-state index contributed by atoms with van der Waals surface area (Å²) in [5.41, 5.74) is 1.90. The van der Waals surface area contributed by atoms with Crippen LogP contribution < -0.4 is 4.74 Å². The van der Waals surface area contributed by atoms with Gasteiger partial charge in [-0.25, -0.2) is 4.68 Å². The molecule has 0 saturated heterocycles. The summed E-state index contributed by atoms with van der Waals surface area (Å²) in [5, 5.41) is 8.22. The van der Waals surface area contributed by atoms with E-state index in [0.717, 1.165) is 11.4 Å². The van der Waals surface area contributed by atoms with Gasteiger partial charge in [-0.3, -0.25) is 4.79 Å². The van der Waals surface area contributed by atoms with E-state index in [1.165, 1.54) is 0 Å². The molecule has 0 saturated carbocycles. The van der Waals surface area contributed by atoms with Crippen LogP contribution >= 0.6 is 0 Å². The highest BCUT2D eigenvalue weighted by molar-refractivity contribution is 5.93. The lowest BCUT2D eigenvalue weighted by Gasteiger charge is -2.27. The van der Waals surface area contributed by atoms with E-state index in [1.807, 2.05) is 38.1 Å². The number of hydrogen-bond acceptors (Lipinski definition) is 4. The molecule has 0 fully saturated rings. The topological polar surface area (TPSA) is 60.2 Å². The number of carbonyl (C=O) groups is 1. The molecule has 0 bridgehead atoms. The fourth-order valence-electron chi connectivity index (χ4n) is 2.31. The quantitative estimate of drug-likeness (QED) is 0.851. The van der Waals surface area contributed by atoms with Gasteiger partial charge in [-0.2, -0.15) is 0 Å². The highest BCUT2D eigenvalue weighted by Gasteiger charge is 2.25. The lowest BCUT2D eigenvalue weighted by Crippen LogP contribution is -2.38. The van der Waals surface area contributed by atoms with Crippen molar-refractivity contribution in [1.82, 2.24) is 19.9 Å². The number of carbonyl (C=O) groups excluding carboxylic acids is 1. The summed E-state index contributed by atoms with van der Waals surface area (Å²) in [6.45, 7) is 8.06. The van der Waals surface area contributed by atoms with Crippen LogP contribution in [0, 0.1) is 12.8 Å². The van der Waals surface area contributed by atoms with Crippen molar-refractivity contribution in [2.45, 2.75) is 33.7 Å². The molecule has 6 heteroatoms. The van der Waals surface area contributed by atoms with E-state index in [9.17, 15) is 4.79 Å². The molecule has 124 valence electrons. The Morgan fingerprint density at radius 1 is 1.30 bits per heavy atom. The van der Waals surface area contributed by atoms with Gasteiger partial charge in [0.15, 0.2) is 5.69 Å². The van der Waals surface area contributed by atoms with E-state index in [4.69, 9.17) is 4.74 Å². The van der Waals surface area contributed by atoms with E-state index in [0.29, 0.717) is 17.3 Å². The van der Waals surface area contributed by atoms with E-state index in [2.05, 4.69) is 24.2 Å². The monoisotopic (exact) mass is 316 g/mol. The minimum absolute atomic E-state index is 0.113. The summed E-state index contributed by atoms with van der Waals surface area (Å²) in [6.07, 6.45) is 0. The number of nitrogens with zero attached hydrogens (tertiary/aromatic N) is 4. The standard InChI is InChI=1S/C17H24N4O2/c1-11(2)12(3)20(5)17(22)16-13(4)21(19-18-16)14-8-7-9-15(10-14)23-6/h7-12H,1-6H3. The maximum absolute atomic E-state index is 12.7. The van der Waals surface area contributed by atoms with E-state index >= 15 is 0 Å². The zero-order valence-electron chi connectivity index (χ0n) is 14.6. The summed E-state index contributed by atoms with van der Waals surface area (Å²) in [5.74, 6) is 0.992. The van der Waals surface area contributed by atoms with Crippen LogP contribution in [0.15, 0.2) is 24.3 Å². The molecule has 1 aromatic carbocycles. The van der Waals surface area contributed by atoms with Crippen molar-refractivity contribution in [2.75, 3.05) is 14.2 Å². The minimum atomic E-state index is -0.113. The molecule has 1 aromatic heterocycles. The normalized spacial score (nSPS) is 12.3. The molecule has 2 aromatic rings. The Morgan fingerprint density at radius 3 is 2.61 bits per heavy atom. The van der Waals surface area contributed by atoms with Gasteiger partial charge in [0.25, 0.3) is 5.91 Å². The Labute approximate surface area is 137 Å². The Kier molecular flexibility index (Phi) is 5.03. The lowest BCUT2D eigenvalue weighted by molar-refractivity contribution is 0.0700. The predicted molar refractivity (Wildman–Crippen MR) is 89.0 cm³/mol. The minimum Gasteiger partial charge on any atom is -0.497 e. The molecule has 0 radical (unpaired) electrons. The van der Waals surface area contributed by atoms with Crippen LogP contribution in [0.3, 0.4) is 0 Å². The number of hydrogen-bond donors (Lipinski definition) is 0. The van der Waals surface area contributed by atoms with Gasteiger partial charge in [0.2, 0.25) is 0 Å². The van der Waals surface area contributed by atoms with E-state index in [-0.39, 0.29) is 11.9 Å². The van der Waals surface area contributed by atoms with Gasteiger partial charge in [0, 0.05) is 19.2 Å². The first-order valence-electron chi connectivity index (χ1n) is 7.70. The molecule has 23 heavy (non-hydrogen) atoms. The number of ether oxygens (including phenoxy) is 1. The highest BCUT2D eigenvalue weighted by atomic mass is 16.5. The molecule has 1 heterocycles. The number of rotatable bonds is 5. The second kappa shape index (κ2) is 6.81. The zero-order valence-corrected chi connectivity index (χ0v) is 14.6. The van der Waals surface area contributed by atoms with Crippen LogP contribution in [0.1, 0.15) is 37.0 Å². The van der Waals surface area contributed by atoms with Crippen molar-refractivity contribution in [1.29, 1.82) is 0 Å².